The first-order valence-electron chi connectivity index (χ1n) is 5.95. The van der Waals surface area contributed by atoms with E-state index in [9.17, 15) is 8.42 Å². The topological polar surface area (TPSA) is 52.0 Å². The molecule has 4 nitrogen and oxygen atoms in total. The van der Waals surface area contributed by atoms with Crippen molar-refractivity contribution in [2.45, 2.75) is 10.2 Å². The number of hydrogen-bond donors (Lipinski definition) is 0. The average Bonchev–Trinajstić information content (AvgIpc) is 2.91. The van der Waals surface area contributed by atoms with Gasteiger partial charge in [-0.2, -0.15) is 0 Å². The van der Waals surface area contributed by atoms with Crippen LogP contribution in [0.25, 0.3) is 10.9 Å². The summed E-state index contributed by atoms with van der Waals surface area (Å²) in [6, 6.07) is 12.0. The van der Waals surface area contributed by atoms with Crippen LogP contribution in [0.1, 0.15) is 5.69 Å². The molecule has 102 valence electrons. The largest absolute Gasteiger partial charge is 0.268 e. The summed E-state index contributed by atoms with van der Waals surface area (Å²) in [5, 5.41) is 1.49. The molecule has 0 aliphatic heterocycles. The molecule has 0 spiro atoms. The van der Waals surface area contributed by atoms with Crippen LogP contribution in [0.5, 0.6) is 0 Å². The van der Waals surface area contributed by atoms with Crippen molar-refractivity contribution in [3.05, 3.63) is 60.6 Å². The third kappa shape index (κ3) is 2.14. The Labute approximate surface area is 125 Å². The van der Waals surface area contributed by atoms with E-state index in [1.54, 1.807) is 48.8 Å². The van der Waals surface area contributed by atoms with Gasteiger partial charge in [-0.25, -0.2) is 12.4 Å². The molecule has 0 amide bonds. The van der Waals surface area contributed by atoms with E-state index in [0.717, 1.165) is 11.1 Å². The van der Waals surface area contributed by atoms with Gasteiger partial charge in [-0.05, 0) is 24.3 Å². The Kier molecular flexibility index (Phi) is 3.35. The van der Waals surface area contributed by atoms with Crippen molar-refractivity contribution in [1.29, 1.82) is 0 Å². The van der Waals surface area contributed by atoms with E-state index in [1.807, 2.05) is 6.07 Å². The zero-order valence-electron chi connectivity index (χ0n) is 10.4. The zero-order valence-corrected chi connectivity index (χ0v) is 12.8. The van der Waals surface area contributed by atoms with Crippen LogP contribution in [-0.4, -0.2) is 17.4 Å². The number of halogens is 1. The summed E-state index contributed by atoms with van der Waals surface area (Å²) in [6.07, 6.45) is 3.15. The van der Waals surface area contributed by atoms with E-state index < -0.39 is 10.0 Å². The monoisotopic (exact) mass is 350 g/mol. The quantitative estimate of drug-likeness (QED) is 0.681. The lowest BCUT2D eigenvalue weighted by Gasteiger charge is -2.07. The van der Waals surface area contributed by atoms with E-state index >= 15 is 0 Å². The normalized spacial score (nSPS) is 11.8. The van der Waals surface area contributed by atoms with Crippen molar-refractivity contribution in [3.8, 4) is 0 Å². The smallest absolute Gasteiger partial charge is 0.258 e. The number of rotatable bonds is 3. The SMILES string of the molecule is O=S(=O)(c1ccccc1)n1ccc2cc(CBr)ncc21. The molecule has 0 radical (unpaired) electrons. The Morgan fingerprint density at radius 2 is 1.90 bits per heavy atom. The molecule has 0 saturated heterocycles. The Hall–Kier alpha value is -1.66. The summed E-state index contributed by atoms with van der Waals surface area (Å²) in [5.74, 6) is 0. The third-order valence-corrected chi connectivity index (χ3v) is 5.31. The van der Waals surface area contributed by atoms with Crippen molar-refractivity contribution >= 4 is 36.9 Å². The van der Waals surface area contributed by atoms with Crippen molar-refractivity contribution in [3.63, 3.8) is 0 Å². The maximum Gasteiger partial charge on any atom is 0.268 e. The highest BCUT2D eigenvalue weighted by Crippen LogP contribution is 2.22. The minimum Gasteiger partial charge on any atom is -0.258 e. The minimum atomic E-state index is -3.58. The Balaban J connectivity index is 2.20. The lowest BCUT2D eigenvalue weighted by atomic mass is 10.3. The highest BCUT2D eigenvalue weighted by atomic mass is 79.9. The molecule has 2 heterocycles. The van der Waals surface area contributed by atoms with Crippen LogP contribution >= 0.6 is 15.9 Å². The van der Waals surface area contributed by atoms with E-state index in [4.69, 9.17) is 0 Å². The maximum atomic E-state index is 12.6. The van der Waals surface area contributed by atoms with Crippen LogP contribution in [0.3, 0.4) is 0 Å². The lowest BCUT2D eigenvalue weighted by Crippen LogP contribution is -2.11. The average molecular weight is 351 g/mol. The lowest BCUT2D eigenvalue weighted by molar-refractivity contribution is 0.589. The van der Waals surface area contributed by atoms with Gasteiger partial charge in [0.2, 0.25) is 0 Å². The molecule has 0 N–H and O–H groups in total. The Bertz CT molecular complexity index is 857. The summed E-state index contributed by atoms with van der Waals surface area (Å²) >= 11 is 3.34. The number of fused-ring (bicyclic) bond motifs is 1. The second kappa shape index (κ2) is 5.03. The number of aromatic nitrogens is 2. The summed E-state index contributed by atoms with van der Waals surface area (Å²) < 4.78 is 26.4. The number of benzene rings is 1. The highest BCUT2D eigenvalue weighted by Gasteiger charge is 2.18. The molecule has 0 aliphatic rings. The molecule has 1 aromatic carbocycles. The zero-order chi connectivity index (χ0) is 14.2. The first-order chi connectivity index (χ1) is 9.63. The molecule has 2 aromatic heterocycles. The van der Waals surface area contributed by atoms with Gasteiger partial charge >= 0.3 is 0 Å². The van der Waals surface area contributed by atoms with Crippen molar-refractivity contribution in [1.82, 2.24) is 8.96 Å². The van der Waals surface area contributed by atoms with Gasteiger partial charge in [0.1, 0.15) is 0 Å². The molecule has 0 saturated carbocycles. The van der Waals surface area contributed by atoms with Crippen LogP contribution in [0, 0.1) is 0 Å². The van der Waals surface area contributed by atoms with Crippen molar-refractivity contribution < 1.29 is 8.42 Å². The first-order valence-corrected chi connectivity index (χ1v) is 8.51. The minimum absolute atomic E-state index is 0.266. The molecule has 0 atom stereocenters. The fourth-order valence-corrected chi connectivity index (χ4v) is 3.71. The van der Waals surface area contributed by atoms with Gasteiger partial charge in [-0.15, -0.1) is 0 Å². The molecular weight excluding hydrogens is 340 g/mol. The second-order valence-corrected chi connectivity index (χ2v) is 6.67. The van der Waals surface area contributed by atoms with E-state index in [2.05, 4.69) is 20.9 Å². The third-order valence-electron chi connectivity index (χ3n) is 3.03. The fourth-order valence-electron chi connectivity index (χ4n) is 2.04. The number of nitrogens with zero attached hydrogens (tertiary/aromatic N) is 2. The van der Waals surface area contributed by atoms with E-state index in [1.165, 1.54) is 3.97 Å². The van der Waals surface area contributed by atoms with Crippen LogP contribution in [0.15, 0.2) is 59.8 Å². The highest BCUT2D eigenvalue weighted by molar-refractivity contribution is 9.08. The molecule has 3 aromatic rings. The van der Waals surface area contributed by atoms with Crippen LogP contribution in [-0.2, 0) is 15.4 Å². The van der Waals surface area contributed by atoms with Gasteiger partial charge in [0.15, 0.2) is 0 Å². The summed E-state index contributed by atoms with van der Waals surface area (Å²) in [6.45, 7) is 0. The van der Waals surface area contributed by atoms with Crippen LogP contribution < -0.4 is 0 Å². The number of pyridine rings is 1. The Morgan fingerprint density at radius 1 is 1.15 bits per heavy atom. The number of alkyl halides is 1. The predicted octanol–water partition coefficient (Wildman–Crippen LogP) is 3.17. The molecular formula is C14H11BrN2O2S. The van der Waals surface area contributed by atoms with Gasteiger partial charge in [-0.3, -0.25) is 4.98 Å². The standard InChI is InChI=1S/C14H11BrN2O2S/c15-9-12-8-11-6-7-17(14(11)10-16-12)20(18,19)13-4-2-1-3-5-13/h1-8,10H,9H2. The van der Waals surface area contributed by atoms with Gasteiger partial charge < -0.3 is 0 Å². The first kappa shape index (κ1) is 13.3. The van der Waals surface area contributed by atoms with Gasteiger partial charge in [-0.1, -0.05) is 34.1 Å². The van der Waals surface area contributed by atoms with Gasteiger partial charge in [0.05, 0.1) is 22.3 Å². The van der Waals surface area contributed by atoms with Crippen LogP contribution in [0.4, 0.5) is 0 Å². The summed E-state index contributed by atoms with van der Waals surface area (Å²) in [5.41, 5.74) is 1.45. The molecule has 3 rings (SSSR count). The maximum absolute atomic E-state index is 12.6. The summed E-state index contributed by atoms with van der Waals surface area (Å²) in [7, 11) is -3.58. The summed E-state index contributed by atoms with van der Waals surface area (Å²) in [4.78, 5) is 4.50. The predicted molar refractivity (Wildman–Crippen MR) is 81.4 cm³/mol. The van der Waals surface area contributed by atoms with Crippen molar-refractivity contribution in [2.24, 2.45) is 0 Å². The van der Waals surface area contributed by atoms with Crippen LogP contribution in [0.2, 0.25) is 0 Å². The van der Waals surface area contributed by atoms with Gasteiger partial charge in [0, 0.05) is 16.9 Å². The second-order valence-electron chi connectivity index (χ2n) is 4.30. The fraction of sp³-hybridized carbons (Fsp3) is 0.0714. The van der Waals surface area contributed by atoms with Crippen molar-refractivity contribution in [2.75, 3.05) is 0 Å². The molecule has 0 bridgehead atoms. The number of hydrogen-bond acceptors (Lipinski definition) is 3. The molecule has 6 heteroatoms. The van der Waals surface area contributed by atoms with E-state index in [0.29, 0.717) is 10.8 Å². The van der Waals surface area contributed by atoms with Gasteiger partial charge in [0.25, 0.3) is 10.0 Å². The van der Waals surface area contributed by atoms with E-state index in [-0.39, 0.29) is 4.90 Å². The Morgan fingerprint density at radius 3 is 2.60 bits per heavy atom. The molecule has 0 aliphatic carbocycles. The molecule has 0 unspecified atom stereocenters. The molecule has 0 fully saturated rings. The molecule has 20 heavy (non-hydrogen) atoms.